The van der Waals surface area contributed by atoms with Crippen LogP contribution in [-0.2, 0) is 37.8 Å². The fourth-order valence-corrected chi connectivity index (χ4v) is 2.78. The van der Waals surface area contributed by atoms with Gasteiger partial charge in [0.15, 0.2) is 0 Å². The molecule has 1 aromatic heterocycles. The minimum absolute atomic E-state index is 0.219. The van der Waals surface area contributed by atoms with Gasteiger partial charge in [0.1, 0.15) is 18.1 Å². The average molecular weight is 365 g/mol. The van der Waals surface area contributed by atoms with Crippen molar-refractivity contribution in [2.75, 3.05) is 0 Å². The lowest BCUT2D eigenvalue weighted by Crippen LogP contribution is -2.08. The third-order valence-corrected chi connectivity index (χ3v) is 4.20. The summed E-state index contributed by atoms with van der Waals surface area (Å²) in [4.78, 5) is 4.28. The van der Waals surface area contributed by atoms with Gasteiger partial charge in [-0.2, -0.15) is 0 Å². The van der Waals surface area contributed by atoms with E-state index in [9.17, 15) is 10.2 Å². The molecule has 0 atom stereocenters. The van der Waals surface area contributed by atoms with E-state index in [4.69, 9.17) is 9.47 Å². The van der Waals surface area contributed by atoms with Gasteiger partial charge < -0.3 is 19.7 Å². The monoisotopic (exact) mass is 365 g/mol. The van der Waals surface area contributed by atoms with E-state index in [1.165, 1.54) is 0 Å². The first kappa shape index (κ1) is 19.0. The summed E-state index contributed by atoms with van der Waals surface area (Å²) in [7, 11) is 0. The SMILES string of the molecule is OCc1ncc(COCc2ccccc2)c(CO)c1OCc1ccccc1. The first-order valence-electron chi connectivity index (χ1n) is 8.81. The molecule has 0 saturated carbocycles. The van der Waals surface area contributed by atoms with Crippen LogP contribution in [0.3, 0.4) is 0 Å². The zero-order valence-corrected chi connectivity index (χ0v) is 15.0. The lowest BCUT2D eigenvalue weighted by atomic mass is 10.1. The number of aliphatic hydroxyl groups is 2. The molecule has 0 fully saturated rings. The number of hydrogen-bond acceptors (Lipinski definition) is 5. The van der Waals surface area contributed by atoms with Gasteiger partial charge in [-0.15, -0.1) is 0 Å². The fraction of sp³-hybridized carbons (Fsp3) is 0.227. The second-order valence-electron chi connectivity index (χ2n) is 6.11. The largest absolute Gasteiger partial charge is 0.487 e. The summed E-state index contributed by atoms with van der Waals surface area (Å²) in [5.41, 5.74) is 3.81. The number of hydrogen-bond donors (Lipinski definition) is 2. The van der Waals surface area contributed by atoms with Gasteiger partial charge in [0.2, 0.25) is 0 Å². The van der Waals surface area contributed by atoms with Crippen molar-refractivity contribution in [3.63, 3.8) is 0 Å². The molecule has 0 aliphatic rings. The van der Waals surface area contributed by atoms with Crippen molar-refractivity contribution in [3.8, 4) is 5.75 Å². The Morgan fingerprint density at radius 3 is 1.96 bits per heavy atom. The van der Waals surface area contributed by atoms with Gasteiger partial charge in [0.25, 0.3) is 0 Å². The number of benzene rings is 2. The lowest BCUT2D eigenvalue weighted by molar-refractivity contribution is 0.104. The molecule has 140 valence electrons. The van der Waals surface area contributed by atoms with Crippen LogP contribution in [0, 0.1) is 0 Å². The second kappa shape index (κ2) is 9.83. The van der Waals surface area contributed by atoms with Crippen molar-refractivity contribution in [1.29, 1.82) is 0 Å². The minimum atomic E-state index is -0.262. The minimum Gasteiger partial charge on any atom is -0.487 e. The molecule has 0 saturated heterocycles. The quantitative estimate of drug-likeness (QED) is 0.608. The first-order valence-corrected chi connectivity index (χ1v) is 8.81. The maximum absolute atomic E-state index is 9.89. The molecule has 0 amide bonds. The summed E-state index contributed by atoms with van der Waals surface area (Å²) in [6, 6.07) is 19.6. The number of nitrogens with zero attached hydrogens (tertiary/aromatic N) is 1. The van der Waals surface area contributed by atoms with Gasteiger partial charge in [0, 0.05) is 17.3 Å². The molecule has 3 rings (SSSR count). The summed E-state index contributed by atoms with van der Waals surface area (Å²) >= 11 is 0. The van der Waals surface area contributed by atoms with Crippen LogP contribution in [0.4, 0.5) is 0 Å². The van der Waals surface area contributed by atoms with Gasteiger partial charge in [-0.25, -0.2) is 0 Å². The normalized spacial score (nSPS) is 10.7. The van der Waals surface area contributed by atoms with E-state index in [2.05, 4.69) is 4.98 Å². The molecule has 0 unspecified atom stereocenters. The van der Waals surface area contributed by atoms with E-state index in [1.807, 2.05) is 60.7 Å². The Morgan fingerprint density at radius 2 is 1.37 bits per heavy atom. The first-order chi connectivity index (χ1) is 13.3. The Morgan fingerprint density at radius 1 is 0.741 bits per heavy atom. The maximum Gasteiger partial charge on any atom is 0.149 e. The highest BCUT2D eigenvalue weighted by molar-refractivity contribution is 5.42. The number of ether oxygens (including phenoxy) is 2. The number of pyridine rings is 1. The third kappa shape index (κ3) is 5.14. The zero-order chi connectivity index (χ0) is 18.9. The van der Waals surface area contributed by atoms with Crippen LogP contribution in [-0.4, -0.2) is 15.2 Å². The molecule has 0 aliphatic heterocycles. The third-order valence-electron chi connectivity index (χ3n) is 4.20. The predicted molar refractivity (Wildman–Crippen MR) is 102 cm³/mol. The van der Waals surface area contributed by atoms with Crippen molar-refractivity contribution < 1.29 is 19.7 Å². The topological polar surface area (TPSA) is 71.8 Å². The Hall–Kier alpha value is -2.73. The van der Waals surface area contributed by atoms with Crippen LogP contribution in [0.1, 0.15) is 27.9 Å². The molecule has 0 aliphatic carbocycles. The van der Waals surface area contributed by atoms with Crippen molar-refractivity contribution in [3.05, 3.63) is 94.8 Å². The maximum atomic E-state index is 9.89. The van der Waals surface area contributed by atoms with Gasteiger partial charge >= 0.3 is 0 Å². The smallest absolute Gasteiger partial charge is 0.149 e. The molecule has 3 aromatic rings. The van der Waals surface area contributed by atoms with Crippen LogP contribution < -0.4 is 4.74 Å². The van der Waals surface area contributed by atoms with Crippen LogP contribution >= 0.6 is 0 Å². The van der Waals surface area contributed by atoms with E-state index in [0.717, 1.165) is 16.7 Å². The predicted octanol–water partition coefficient (Wildman–Crippen LogP) is 3.36. The molecule has 5 nitrogen and oxygen atoms in total. The average Bonchev–Trinajstić information content (AvgIpc) is 2.73. The van der Waals surface area contributed by atoms with Crippen molar-refractivity contribution >= 4 is 0 Å². The summed E-state index contributed by atoms with van der Waals surface area (Å²) < 4.78 is 11.7. The van der Waals surface area contributed by atoms with E-state index in [1.54, 1.807) is 6.20 Å². The van der Waals surface area contributed by atoms with Crippen molar-refractivity contribution in [2.45, 2.75) is 33.0 Å². The van der Waals surface area contributed by atoms with E-state index in [-0.39, 0.29) is 13.2 Å². The van der Waals surface area contributed by atoms with Crippen molar-refractivity contribution in [2.24, 2.45) is 0 Å². The Kier molecular flexibility index (Phi) is 6.93. The summed E-state index contributed by atoms with van der Waals surface area (Å²) in [5.74, 6) is 0.421. The van der Waals surface area contributed by atoms with Crippen LogP contribution in [0.25, 0.3) is 0 Å². The Balaban J connectivity index is 1.74. The van der Waals surface area contributed by atoms with E-state index >= 15 is 0 Å². The van der Waals surface area contributed by atoms with Gasteiger partial charge in [-0.3, -0.25) is 4.98 Å². The summed E-state index contributed by atoms with van der Waals surface area (Å²) in [6.07, 6.45) is 1.62. The molecule has 2 N–H and O–H groups in total. The van der Waals surface area contributed by atoms with Gasteiger partial charge in [-0.1, -0.05) is 60.7 Å². The standard InChI is InChI=1S/C22H23NO4/c24-12-20-19(16-26-14-17-7-3-1-4-8-17)11-23-21(13-25)22(20)27-15-18-9-5-2-6-10-18/h1-11,24-25H,12-16H2. The van der Waals surface area contributed by atoms with E-state index < -0.39 is 0 Å². The molecular weight excluding hydrogens is 342 g/mol. The Labute approximate surface area is 158 Å². The van der Waals surface area contributed by atoms with Gasteiger partial charge in [0.05, 0.1) is 26.4 Å². The van der Waals surface area contributed by atoms with Gasteiger partial charge in [-0.05, 0) is 11.1 Å². The molecular formula is C22H23NO4. The number of aliphatic hydroxyl groups excluding tert-OH is 2. The highest BCUT2D eigenvalue weighted by atomic mass is 16.5. The molecule has 27 heavy (non-hydrogen) atoms. The summed E-state index contributed by atoms with van der Waals surface area (Å²) in [6.45, 7) is 0.613. The van der Waals surface area contributed by atoms with Crippen LogP contribution in [0.2, 0.25) is 0 Å². The highest BCUT2D eigenvalue weighted by Crippen LogP contribution is 2.28. The molecule has 0 spiro atoms. The lowest BCUT2D eigenvalue weighted by Gasteiger charge is -2.17. The number of aromatic nitrogens is 1. The fourth-order valence-electron chi connectivity index (χ4n) is 2.78. The Bertz CT molecular complexity index is 838. The second-order valence-corrected chi connectivity index (χ2v) is 6.11. The highest BCUT2D eigenvalue weighted by Gasteiger charge is 2.16. The molecule has 1 heterocycles. The summed E-state index contributed by atoms with van der Waals surface area (Å²) in [5, 5.41) is 19.5. The van der Waals surface area contributed by atoms with Crippen LogP contribution in [0.15, 0.2) is 66.9 Å². The number of rotatable bonds is 9. The van der Waals surface area contributed by atoms with Crippen LogP contribution in [0.5, 0.6) is 5.75 Å². The molecule has 0 radical (unpaired) electrons. The molecule has 0 bridgehead atoms. The van der Waals surface area contributed by atoms with E-state index in [0.29, 0.717) is 36.8 Å². The van der Waals surface area contributed by atoms with Crippen molar-refractivity contribution in [1.82, 2.24) is 4.98 Å². The zero-order valence-electron chi connectivity index (χ0n) is 15.0. The molecule has 2 aromatic carbocycles. The molecule has 5 heteroatoms.